The first-order valence-corrected chi connectivity index (χ1v) is 8.24. The lowest BCUT2D eigenvalue weighted by atomic mass is 10.1. The van der Waals surface area contributed by atoms with Gasteiger partial charge in [0.25, 0.3) is 0 Å². The Kier molecular flexibility index (Phi) is 8.34. The summed E-state index contributed by atoms with van der Waals surface area (Å²) in [5, 5.41) is 6.08. The maximum absolute atomic E-state index is 12.9. The van der Waals surface area contributed by atoms with Crippen molar-refractivity contribution in [2.45, 2.75) is 45.3 Å². The molecule has 1 heterocycles. The van der Waals surface area contributed by atoms with E-state index in [9.17, 15) is 14.0 Å². The number of piperidine rings is 1. The number of hydrogen-bond acceptors (Lipinski definition) is 5. The van der Waals surface area contributed by atoms with Crippen LogP contribution in [-0.2, 0) is 4.74 Å². The summed E-state index contributed by atoms with van der Waals surface area (Å²) in [4.78, 5) is 21.6. The second-order valence-electron chi connectivity index (χ2n) is 6.67. The molecule has 7 heteroatoms. The van der Waals surface area contributed by atoms with Crippen LogP contribution in [0.15, 0.2) is 18.2 Å². The summed E-state index contributed by atoms with van der Waals surface area (Å²) in [5.41, 5.74) is -0.393. The van der Waals surface area contributed by atoms with Gasteiger partial charge in [-0.25, -0.2) is 9.18 Å². The molecule has 1 aromatic carbocycles. The smallest absolute Gasteiger partial charge is 0.407 e. The third-order valence-corrected chi connectivity index (χ3v) is 3.36. The molecule has 6 nitrogen and oxygen atoms in total. The standard InChI is InChI=1S/C10H20N2O2.C8H7FO2/c1-10(2,3)14-9(13)12-8-5-4-6-11-7-8;1-11-7-4-2-3-6(5-10)8(7)9/h8,11H,4-7H2,1-3H3,(H,12,13);2-5H,1H3/t8-;/m1./s1. The third kappa shape index (κ3) is 7.98. The van der Waals surface area contributed by atoms with Crippen molar-refractivity contribution in [3.05, 3.63) is 29.6 Å². The van der Waals surface area contributed by atoms with Crippen molar-refractivity contribution in [3.8, 4) is 5.75 Å². The summed E-state index contributed by atoms with van der Waals surface area (Å²) in [5.74, 6) is -0.514. The van der Waals surface area contributed by atoms with Crippen LogP contribution in [0.4, 0.5) is 9.18 Å². The van der Waals surface area contributed by atoms with E-state index in [1.165, 1.54) is 19.2 Å². The normalized spacial score (nSPS) is 16.9. The number of alkyl carbamates (subject to hydrolysis) is 1. The molecule has 0 aromatic heterocycles. The maximum atomic E-state index is 12.9. The SMILES string of the molecule is CC(C)(C)OC(=O)N[C@@H]1CCCNC1.COc1cccc(C=O)c1F. The van der Waals surface area contributed by atoms with Crippen molar-refractivity contribution in [1.82, 2.24) is 10.6 Å². The number of methoxy groups -OCH3 is 1. The molecule has 1 aliphatic heterocycles. The molecule has 1 fully saturated rings. The molecule has 1 saturated heterocycles. The van der Waals surface area contributed by atoms with E-state index in [4.69, 9.17) is 4.74 Å². The average Bonchev–Trinajstić information content (AvgIpc) is 2.55. The Morgan fingerprint density at radius 3 is 2.64 bits per heavy atom. The molecule has 0 spiro atoms. The van der Waals surface area contributed by atoms with E-state index in [1.54, 1.807) is 6.07 Å². The lowest BCUT2D eigenvalue weighted by molar-refractivity contribution is 0.0497. The van der Waals surface area contributed by atoms with Crippen molar-refractivity contribution in [3.63, 3.8) is 0 Å². The fraction of sp³-hybridized carbons (Fsp3) is 0.556. The van der Waals surface area contributed by atoms with E-state index < -0.39 is 11.4 Å². The average molecular weight is 354 g/mol. The number of carbonyl (C=O) groups is 2. The molecule has 1 aliphatic rings. The summed E-state index contributed by atoms with van der Waals surface area (Å²) in [6.07, 6.45) is 2.29. The van der Waals surface area contributed by atoms with E-state index in [2.05, 4.69) is 15.4 Å². The predicted octanol–water partition coefficient (Wildman–Crippen LogP) is 2.91. The van der Waals surface area contributed by atoms with Gasteiger partial charge in [0.2, 0.25) is 0 Å². The van der Waals surface area contributed by atoms with Gasteiger partial charge in [-0.15, -0.1) is 0 Å². The van der Waals surface area contributed by atoms with Crippen LogP contribution < -0.4 is 15.4 Å². The molecule has 140 valence electrons. The molecule has 1 amide bonds. The molecule has 1 atom stereocenters. The molecule has 0 bridgehead atoms. The van der Waals surface area contributed by atoms with Gasteiger partial charge in [-0.3, -0.25) is 4.79 Å². The molecular weight excluding hydrogens is 327 g/mol. The predicted molar refractivity (Wildman–Crippen MR) is 93.6 cm³/mol. The maximum Gasteiger partial charge on any atom is 0.407 e. The van der Waals surface area contributed by atoms with E-state index in [-0.39, 0.29) is 23.4 Å². The van der Waals surface area contributed by atoms with Crippen molar-refractivity contribution in [1.29, 1.82) is 0 Å². The zero-order valence-electron chi connectivity index (χ0n) is 15.2. The fourth-order valence-corrected chi connectivity index (χ4v) is 2.23. The Morgan fingerprint density at radius 2 is 2.12 bits per heavy atom. The number of ether oxygens (including phenoxy) is 2. The first-order valence-electron chi connectivity index (χ1n) is 8.24. The molecule has 2 N–H and O–H groups in total. The minimum absolute atomic E-state index is 0.0179. The van der Waals surface area contributed by atoms with Crippen LogP contribution in [0, 0.1) is 5.82 Å². The minimum Gasteiger partial charge on any atom is -0.494 e. The quantitative estimate of drug-likeness (QED) is 0.816. The van der Waals surface area contributed by atoms with Gasteiger partial charge in [0.05, 0.1) is 12.7 Å². The molecule has 0 radical (unpaired) electrons. The lowest BCUT2D eigenvalue weighted by Gasteiger charge is -2.26. The zero-order valence-corrected chi connectivity index (χ0v) is 15.2. The largest absolute Gasteiger partial charge is 0.494 e. The second-order valence-corrected chi connectivity index (χ2v) is 6.67. The number of aldehydes is 1. The summed E-state index contributed by atoms with van der Waals surface area (Å²) >= 11 is 0. The Bertz CT molecular complexity index is 567. The number of hydrogen-bond donors (Lipinski definition) is 2. The van der Waals surface area contributed by atoms with Crippen LogP contribution in [0.2, 0.25) is 0 Å². The first kappa shape index (κ1) is 20.9. The number of nitrogens with one attached hydrogen (secondary N) is 2. The Morgan fingerprint density at radius 1 is 1.40 bits per heavy atom. The molecule has 2 rings (SSSR count). The van der Waals surface area contributed by atoms with Crippen molar-refractivity contribution < 1.29 is 23.5 Å². The summed E-state index contributed by atoms with van der Waals surface area (Å²) in [6.45, 7) is 7.49. The van der Waals surface area contributed by atoms with Crippen molar-refractivity contribution in [2.75, 3.05) is 20.2 Å². The number of halogens is 1. The van der Waals surface area contributed by atoms with Gasteiger partial charge in [-0.05, 0) is 52.3 Å². The molecular formula is C18H27FN2O4. The third-order valence-electron chi connectivity index (χ3n) is 3.36. The molecule has 0 aliphatic carbocycles. The molecule has 25 heavy (non-hydrogen) atoms. The number of carbonyl (C=O) groups excluding carboxylic acids is 2. The van der Waals surface area contributed by atoms with E-state index >= 15 is 0 Å². The van der Waals surface area contributed by atoms with E-state index in [1.807, 2.05) is 20.8 Å². The van der Waals surface area contributed by atoms with Crippen LogP contribution in [0.25, 0.3) is 0 Å². The number of rotatable bonds is 3. The monoisotopic (exact) mass is 354 g/mol. The van der Waals surface area contributed by atoms with Crippen LogP contribution in [0.5, 0.6) is 5.75 Å². The highest BCUT2D eigenvalue weighted by Gasteiger charge is 2.20. The Balaban J connectivity index is 0.000000257. The lowest BCUT2D eigenvalue weighted by Crippen LogP contribution is -2.47. The van der Waals surface area contributed by atoms with Crippen LogP contribution in [-0.4, -0.2) is 44.2 Å². The van der Waals surface area contributed by atoms with Gasteiger partial charge in [0.15, 0.2) is 17.9 Å². The van der Waals surface area contributed by atoms with Gasteiger partial charge >= 0.3 is 6.09 Å². The van der Waals surface area contributed by atoms with Gasteiger partial charge in [-0.1, -0.05) is 6.07 Å². The highest BCUT2D eigenvalue weighted by atomic mass is 19.1. The summed E-state index contributed by atoms with van der Waals surface area (Å²) < 4.78 is 22.7. The number of benzene rings is 1. The highest BCUT2D eigenvalue weighted by molar-refractivity contribution is 5.76. The van der Waals surface area contributed by atoms with E-state index in [0.717, 1.165) is 25.9 Å². The molecule has 0 unspecified atom stereocenters. The van der Waals surface area contributed by atoms with Crippen LogP contribution in [0.1, 0.15) is 44.0 Å². The van der Waals surface area contributed by atoms with Gasteiger partial charge in [0, 0.05) is 12.6 Å². The Labute approximate surface area is 148 Å². The second kappa shape index (κ2) is 9.98. The van der Waals surface area contributed by atoms with Gasteiger partial charge in [0.1, 0.15) is 5.60 Å². The van der Waals surface area contributed by atoms with Crippen molar-refractivity contribution in [2.24, 2.45) is 0 Å². The van der Waals surface area contributed by atoms with Crippen LogP contribution in [0.3, 0.4) is 0 Å². The van der Waals surface area contributed by atoms with Crippen molar-refractivity contribution >= 4 is 12.4 Å². The molecule has 1 aromatic rings. The highest BCUT2D eigenvalue weighted by Crippen LogP contribution is 2.18. The Hall–Kier alpha value is -2.15. The minimum atomic E-state index is -0.606. The molecule has 0 saturated carbocycles. The zero-order chi connectivity index (χ0) is 18.9. The fourth-order valence-electron chi connectivity index (χ4n) is 2.23. The summed E-state index contributed by atoms with van der Waals surface area (Å²) in [6, 6.07) is 4.64. The summed E-state index contributed by atoms with van der Waals surface area (Å²) in [7, 11) is 1.35. The van der Waals surface area contributed by atoms with Gasteiger partial charge < -0.3 is 20.1 Å². The topological polar surface area (TPSA) is 76.7 Å². The number of amides is 1. The van der Waals surface area contributed by atoms with E-state index in [0.29, 0.717) is 6.29 Å². The van der Waals surface area contributed by atoms with Crippen LogP contribution >= 0.6 is 0 Å². The van der Waals surface area contributed by atoms with Gasteiger partial charge in [-0.2, -0.15) is 0 Å². The first-order chi connectivity index (χ1) is 11.8.